The van der Waals surface area contributed by atoms with Crippen LogP contribution in [0.25, 0.3) is 0 Å². The molecule has 2 aliphatic carbocycles. The number of rotatable bonds is 3. The zero-order chi connectivity index (χ0) is 18.4. The smallest absolute Gasteiger partial charge is 0.226 e. The molecular weight excluding hydrogens is 332 g/mol. The summed E-state index contributed by atoms with van der Waals surface area (Å²) in [6.07, 6.45) is 9.26. The minimum Gasteiger partial charge on any atom is -0.337 e. The first kappa shape index (κ1) is 17.7. The summed E-state index contributed by atoms with van der Waals surface area (Å²) in [5.74, 6) is 2.26. The molecule has 1 aromatic rings. The van der Waals surface area contributed by atoms with Crippen LogP contribution in [0.2, 0.25) is 0 Å². The zero-order valence-electron chi connectivity index (χ0n) is 16.8. The van der Waals surface area contributed by atoms with Crippen molar-refractivity contribution in [1.29, 1.82) is 0 Å². The topological polar surface area (TPSA) is 23.6 Å². The van der Waals surface area contributed by atoms with Crippen molar-refractivity contribution >= 4 is 5.91 Å². The molecule has 5 rings (SSSR count). The Morgan fingerprint density at radius 3 is 2.56 bits per heavy atom. The molecular formula is C24H34N2O. The Morgan fingerprint density at radius 2 is 1.85 bits per heavy atom. The van der Waals surface area contributed by atoms with Gasteiger partial charge in [0.05, 0.1) is 0 Å². The van der Waals surface area contributed by atoms with Gasteiger partial charge in [-0.2, -0.15) is 0 Å². The number of nitrogens with zero attached hydrogens (tertiary/aromatic N) is 2. The lowest BCUT2D eigenvalue weighted by Crippen LogP contribution is -2.54. The Morgan fingerprint density at radius 1 is 1.15 bits per heavy atom. The standard InChI is InChI=1S/C24H34N2O/c1-18-14-21(18)23(27)26-16-20-8-4-5-9-22(20)24(17-26)10-12-25(13-11-24)15-19-6-2-3-7-19/h4-5,8-9,18-19,21H,2-3,6-7,10-17H2,1H3/t18-,21-/m0/s1. The van der Waals surface area contributed by atoms with Crippen molar-refractivity contribution in [3.05, 3.63) is 35.4 Å². The Hall–Kier alpha value is -1.35. The molecule has 4 aliphatic rings. The summed E-state index contributed by atoms with van der Waals surface area (Å²) in [7, 11) is 0. The molecule has 0 bridgehead atoms. The molecule has 3 nitrogen and oxygen atoms in total. The van der Waals surface area contributed by atoms with E-state index in [-0.39, 0.29) is 5.41 Å². The van der Waals surface area contributed by atoms with Crippen molar-refractivity contribution in [2.45, 2.75) is 63.8 Å². The lowest BCUT2D eigenvalue weighted by atomic mass is 9.68. The number of carbonyl (C=O) groups excluding carboxylic acids is 1. The molecule has 1 saturated heterocycles. The molecule has 2 saturated carbocycles. The van der Waals surface area contributed by atoms with Crippen LogP contribution >= 0.6 is 0 Å². The van der Waals surface area contributed by atoms with Gasteiger partial charge in [-0.3, -0.25) is 4.79 Å². The van der Waals surface area contributed by atoms with Gasteiger partial charge in [0.2, 0.25) is 5.91 Å². The Kier molecular flexibility index (Phi) is 4.54. The van der Waals surface area contributed by atoms with E-state index in [0.29, 0.717) is 17.7 Å². The third-order valence-electron chi connectivity index (χ3n) is 7.99. The van der Waals surface area contributed by atoms with Gasteiger partial charge in [-0.25, -0.2) is 0 Å². The average Bonchev–Trinajstić information content (AvgIpc) is 3.20. The van der Waals surface area contributed by atoms with Gasteiger partial charge in [0.15, 0.2) is 0 Å². The molecule has 2 heterocycles. The molecule has 146 valence electrons. The normalized spacial score (nSPS) is 30.5. The van der Waals surface area contributed by atoms with E-state index < -0.39 is 0 Å². The number of benzene rings is 1. The monoisotopic (exact) mass is 366 g/mol. The summed E-state index contributed by atoms with van der Waals surface area (Å²) >= 11 is 0. The first-order valence-corrected chi connectivity index (χ1v) is 11.2. The second-order valence-electron chi connectivity index (χ2n) is 9.90. The summed E-state index contributed by atoms with van der Waals surface area (Å²) in [5.41, 5.74) is 3.13. The predicted octanol–water partition coefficient (Wildman–Crippen LogP) is 4.21. The molecule has 3 heteroatoms. The molecule has 2 aliphatic heterocycles. The highest BCUT2D eigenvalue weighted by Crippen LogP contribution is 2.45. The average molecular weight is 367 g/mol. The maximum Gasteiger partial charge on any atom is 0.226 e. The molecule has 0 unspecified atom stereocenters. The SMILES string of the molecule is C[C@H]1C[C@@H]1C(=O)N1Cc2ccccc2C2(CCN(CC3CCCC3)CC2)C1. The Bertz CT molecular complexity index is 700. The van der Waals surface area contributed by atoms with Crippen LogP contribution in [0.4, 0.5) is 0 Å². The molecule has 1 amide bonds. The Labute approximate surface area is 164 Å². The van der Waals surface area contributed by atoms with Gasteiger partial charge in [0.25, 0.3) is 0 Å². The summed E-state index contributed by atoms with van der Waals surface area (Å²) in [6, 6.07) is 8.96. The summed E-state index contributed by atoms with van der Waals surface area (Å²) in [6.45, 7) is 7.70. The fraction of sp³-hybridized carbons (Fsp3) is 0.708. The van der Waals surface area contributed by atoms with E-state index in [1.807, 2.05) is 0 Å². The van der Waals surface area contributed by atoms with Crippen molar-refractivity contribution in [3.63, 3.8) is 0 Å². The van der Waals surface area contributed by atoms with E-state index in [4.69, 9.17) is 0 Å². The number of hydrogen-bond donors (Lipinski definition) is 0. The second kappa shape index (κ2) is 6.92. The lowest BCUT2D eigenvalue weighted by Gasteiger charge is -2.49. The van der Waals surface area contributed by atoms with Gasteiger partial charge < -0.3 is 9.80 Å². The molecule has 2 atom stereocenters. The van der Waals surface area contributed by atoms with Crippen LogP contribution in [-0.2, 0) is 16.8 Å². The first-order chi connectivity index (χ1) is 13.1. The summed E-state index contributed by atoms with van der Waals surface area (Å²) < 4.78 is 0. The largest absolute Gasteiger partial charge is 0.337 e. The summed E-state index contributed by atoms with van der Waals surface area (Å²) in [5, 5.41) is 0. The highest BCUT2D eigenvalue weighted by Gasteiger charge is 2.47. The fourth-order valence-electron chi connectivity index (χ4n) is 6.09. The van der Waals surface area contributed by atoms with Gasteiger partial charge in [-0.15, -0.1) is 0 Å². The number of piperidine rings is 1. The number of likely N-dealkylation sites (tertiary alicyclic amines) is 1. The van der Waals surface area contributed by atoms with E-state index in [1.165, 1.54) is 63.7 Å². The van der Waals surface area contributed by atoms with Crippen molar-refractivity contribution in [1.82, 2.24) is 9.80 Å². The third-order valence-corrected chi connectivity index (χ3v) is 7.99. The minimum atomic E-state index is 0.189. The fourth-order valence-corrected chi connectivity index (χ4v) is 6.09. The van der Waals surface area contributed by atoms with Gasteiger partial charge in [-0.1, -0.05) is 44.0 Å². The molecule has 0 radical (unpaired) electrons. The maximum absolute atomic E-state index is 13.0. The maximum atomic E-state index is 13.0. The molecule has 0 N–H and O–H groups in total. The number of carbonyl (C=O) groups is 1. The van der Waals surface area contributed by atoms with Gasteiger partial charge in [0.1, 0.15) is 0 Å². The Balaban J connectivity index is 1.33. The highest BCUT2D eigenvalue weighted by atomic mass is 16.2. The zero-order valence-corrected chi connectivity index (χ0v) is 16.8. The van der Waals surface area contributed by atoms with E-state index in [1.54, 1.807) is 5.56 Å². The van der Waals surface area contributed by atoms with E-state index in [2.05, 4.69) is 41.0 Å². The van der Waals surface area contributed by atoms with E-state index in [9.17, 15) is 4.79 Å². The van der Waals surface area contributed by atoms with Crippen LogP contribution in [0.3, 0.4) is 0 Å². The minimum absolute atomic E-state index is 0.189. The van der Waals surface area contributed by atoms with Crippen molar-refractivity contribution in [2.75, 3.05) is 26.2 Å². The van der Waals surface area contributed by atoms with Crippen LogP contribution in [0.15, 0.2) is 24.3 Å². The van der Waals surface area contributed by atoms with Crippen LogP contribution in [0.1, 0.15) is 63.0 Å². The van der Waals surface area contributed by atoms with Crippen molar-refractivity contribution in [2.24, 2.45) is 17.8 Å². The van der Waals surface area contributed by atoms with E-state index in [0.717, 1.165) is 25.4 Å². The molecule has 0 aromatic heterocycles. The van der Waals surface area contributed by atoms with Crippen LogP contribution < -0.4 is 0 Å². The molecule has 1 spiro atoms. The third kappa shape index (κ3) is 3.33. The van der Waals surface area contributed by atoms with Gasteiger partial charge >= 0.3 is 0 Å². The predicted molar refractivity (Wildman–Crippen MR) is 108 cm³/mol. The van der Waals surface area contributed by atoms with Crippen LogP contribution in [-0.4, -0.2) is 41.9 Å². The molecule has 1 aromatic carbocycles. The highest BCUT2D eigenvalue weighted by molar-refractivity contribution is 5.82. The second-order valence-corrected chi connectivity index (χ2v) is 9.90. The quantitative estimate of drug-likeness (QED) is 0.800. The lowest BCUT2D eigenvalue weighted by molar-refractivity contribution is -0.135. The number of hydrogen-bond acceptors (Lipinski definition) is 2. The summed E-state index contributed by atoms with van der Waals surface area (Å²) in [4.78, 5) is 17.9. The van der Waals surface area contributed by atoms with Gasteiger partial charge in [0, 0.05) is 31.0 Å². The van der Waals surface area contributed by atoms with E-state index >= 15 is 0 Å². The van der Waals surface area contributed by atoms with Gasteiger partial charge in [-0.05, 0) is 68.2 Å². The number of amides is 1. The van der Waals surface area contributed by atoms with Crippen molar-refractivity contribution < 1.29 is 4.79 Å². The molecule has 27 heavy (non-hydrogen) atoms. The van der Waals surface area contributed by atoms with Crippen LogP contribution in [0, 0.1) is 17.8 Å². The molecule has 3 fully saturated rings. The number of fused-ring (bicyclic) bond motifs is 2. The first-order valence-electron chi connectivity index (χ1n) is 11.2. The van der Waals surface area contributed by atoms with Crippen molar-refractivity contribution in [3.8, 4) is 0 Å². The van der Waals surface area contributed by atoms with Crippen LogP contribution in [0.5, 0.6) is 0 Å².